The largest absolute Gasteiger partial charge is 0.381 e. The zero-order valence-corrected chi connectivity index (χ0v) is 12.7. The van der Waals surface area contributed by atoms with Crippen molar-refractivity contribution in [2.75, 3.05) is 31.6 Å². The molecule has 1 amide bonds. The summed E-state index contributed by atoms with van der Waals surface area (Å²) in [5.41, 5.74) is 1.47. The molecular weight excluding hydrogens is 254 g/mol. The van der Waals surface area contributed by atoms with E-state index in [1.54, 1.807) is 12.1 Å². The van der Waals surface area contributed by atoms with Crippen LogP contribution in [0.5, 0.6) is 0 Å². The van der Waals surface area contributed by atoms with Gasteiger partial charge in [0.1, 0.15) is 5.82 Å². The van der Waals surface area contributed by atoms with Gasteiger partial charge in [0.15, 0.2) is 0 Å². The van der Waals surface area contributed by atoms with Crippen LogP contribution in [-0.2, 0) is 4.74 Å². The van der Waals surface area contributed by atoms with Crippen LogP contribution in [0, 0.1) is 6.92 Å². The van der Waals surface area contributed by atoms with Crippen LogP contribution in [0.3, 0.4) is 0 Å². The van der Waals surface area contributed by atoms with Crippen LogP contribution in [0.4, 0.5) is 5.82 Å². The van der Waals surface area contributed by atoms with Crippen molar-refractivity contribution in [3.8, 4) is 0 Å². The molecule has 0 spiro atoms. The molecule has 0 bridgehead atoms. The first-order valence-corrected chi connectivity index (χ1v) is 7.25. The monoisotopic (exact) mass is 279 g/mol. The first-order chi connectivity index (χ1) is 9.67. The summed E-state index contributed by atoms with van der Waals surface area (Å²) in [6.07, 6.45) is 1.85. The number of carbonyl (C=O) groups excluding carboxylic acids is 1. The van der Waals surface area contributed by atoms with E-state index in [-0.39, 0.29) is 5.91 Å². The van der Waals surface area contributed by atoms with E-state index in [1.807, 2.05) is 13.8 Å². The quantitative estimate of drug-likeness (QED) is 0.681. The molecule has 5 heteroatoms. The van der Waals surface area contributed by atoms with Crippen LogP contribution in [0.15, 0.2) is 12.1 Å². The smallest absolute Gasteiger partial charge is 0.251 e. The van der Waals surface area contributed by atoms with Crippen molar-refractivity contribution in [1.29, 1.82) is 0 Å². The Hall–Kier alpha value is -1.62. The molecule has 2 N–H and O–H groups in total. The lowest BCUT2D eigenvalue weighted by Crippen LogP contribution is -2.25. The van der Waals surface area contributed by atoms with Crippen LogP contribution in [0.2, 0.25) is 0 Å². The molecule has 0 fully saturated rings. The van der Waals surface area contributed by atoms with Crippen LogP contribution in [-0.4, -0.2) is 37.2 Å². The maximum atomic E-state index is 12.0. The molecule has 0 aliphatic carbocycles. The average Bonchev–Trinajstić information content (AvgIpc) is 2.42. The Balaban J connectivity index is 2.42. The highest BCUT2D eigenvalue weighted by Crippen LogP contribution is 2.10. The summed E-state index contributed by atoms with van der Waals surface area (Å²) in [5, 5.41) is 6.02. The van der Waals surface area contributed by atoms with Crippen molar-refractivity contribution < 1.29 is 9.53 Å². The fourth-order valence-electron chi connectivity index (χ4n) is 1.80. The number of aromatic nitrogens is 1. The van der Waals surface area contributed by atoms with E-state index in [9.17, 15) is 4.79 Å². The Morgan fingerprint density at radius 2 is 2.10 bits per heavy atom. The normalized spacial score (nSPS) is 10.3. The van der Waals surface area contributed by atoms with Crippen molar-refractivity contribution in [2.45, 2.75) is 33.6 Å². The van der Waals surface area contributed by atoms with E-state index in [0.717, 1.165) is 37.5 Å². The van der Waals surface area contributed by atoms with Crippen LogP contribution >= 0.6 is 0 Å². The van der Waals surface area contributed by atoms with Crippen LogP contribution in [0.25, 0.3) is 0 Å². The number of anilines is 1. The number of hydrogen-bond donors (Lipinski definition) is 2. The summed E-state index contributed by atoms with van der Waals surface area (Å²) in [6.45, 7) is 8.84. The van der Waals surface area contributed by atoms with Gasteiger partial charge < -0.3 is 15.4 Å². The molecule has 1 aromatic heterocycles. The number of hydrogen-bond acceptors (Lipinski definition) is 4. The van der Waals surface area contributed by atoms with Crippen molar-refractivity contribution in [3.63, 3.8) is 0 Å². The number of amides is 1. The molecule has 0 saturated heterocycles. The van der Waals surface area contributed by atoms with Crippen molar-refractivity contribution in [1.82, 2.24) is 10.3 Å². The molecule has 1 heterocycles. The fourth-order valence-corrected chi connectivity index (χ4v) is 1.80. The van der Waals surface area contributed by atoms with E-state index < -0.39 is 0 Å². The Morgan fingerprint density at radius 3 is 2.80 bits per heavy atom. The van der Waals surface area contributed by atoms with Gasteiger partial charge in [0, 0.05) is 37.6 Å². The number of nitrogens with zero attached hydrogens (tertiary/aromatic N) is 1. The number of ether oxygens (including phenoxy) is 1. The molecule has 0 aliphatic heterocycles. The minimum absolute atomic E-state index is 0.0647. The predicted octanol–water partition coefficient (Wildman–Crippen LogP) is 2.37. The second-order valence-electron chi connectivity index (χ2n) is 4.63. The van der Waals surface area contributed by atoms with Gasteiger partial charge in [-0.2, -0.15) is 0 Å². The highest BCUT2D eigenvalue weighted by molar-refractivity contribution is 5.94. The van der Waals surface area contributed by atoms with Crippen molar-refractivity contribution in [3.05, 3.63) is 23.4 Å². The predicted molar refractivity (Wildman–Crippen MR) is 81.2 cm³/mol. The van der Waals surface area contributed by atoms with Crippen LogP contribution < -0.4 is 10.6 Å². The number of nitrogens with one attached hydrogen (secondary N) is 2. The van der Waals surface area contributed by atoms with E-state index >= 15 is 0 Å². The third kappa shape index (κ3) is 6.02. The Bertz CT molecular complexity index is 422. The Kier molecular flexibility index (Phi) is 7.65. The van der Waals surface area contributed by atoms with Gasteiger partial charge in [0.05, 0.1) is 0 Å². The van der Waals surface area contributed by atoms with Gasteiger partial charge >= 0.3 is 0 Å². The standard InChI is InChI=1S/C15H25N3O2/c1-4-8-20-9-6-7-17-15(19)13-10-12(3)18-14(11-13)16-5-2/h10-11H,4-9H2,1-3H3,(H,16,18)(H,17,19). The Labute approximate surface area is 121 Å². The molecule has 0 unspecified atom stereocenters. The van der Waals surface area contributed by atoms with Gasteiger partial charge in [-0.25, -0.2) is 4.98 Å². The molecule has 0 aromatic carbocycles. The molecule has 0 saturated carbocycles. The molecule has 0 atom stereocenters. The second kappa shape index (κ2) is 9.31. The summed E-state index contributed by atoms with van der Waals surface area (Å²) in [5.74, 6) is 0.675. The molecule has 20 heavy (non-hydrogen) atoms. The molecule has 112 valence electrons. The van der Waals surface area contributed by atoms with Gasteiger partial charge in [-0.15, -0.1) is 0 Å². The molecule has 1 aromatic rings. The highest BCUT2D eigenvalue weighted by atomic mass is 16.5. The summed E-state index contributed by atoms with van der Waals surface area (Å²) in [4.78, 5) is 16.4. The summed E-state index contributed by atoms with van der Waals surface area (Å²) in [6, 6.07) is 3.57. The molecular formula is C15H25N3O2. The van der Waals surface area contributed by atoms with Gasteiger partial charge in [-0.1, -0.05) is 6.92 Å². The molecule has 5 nitrogen and oxygen atoms in total. The summed E-state index contributed by atoms with van der Waals surface area (Å²) >= 11 is 0. The lowest BCUT2D eigenvalue weighted by molar-refractivity contribution is 0.0941. The third-order valence-corrected chi connectivity index (χ3v) is 2.67. The minimum Gasteiger partial charge on any atom is -0.381 e. The van der Waals surface area contributed by atoms with Gasteiger partial charge in [-0.3, -0.25) is 4.79 Å². The highest BCUT2D eigenvalue weighted by Gasteiger charge is 2.07. The SMILES string of the molecule is CCCOCCCNC(=O)c1cc(C)nc(NCC)c1. The molecule has 0 aliphatic rings. The minimum atomic E-state index is -0.0647. The van der Waals surface area contributed by atoms with Crippen molar-refractivity contribution in [2.24, 2.45) is 0 Å². The Morgan fingerprint density at radius 1 is 1.30 bits per heavy atom. The third-order valence-electron chi connectivity index (χ3n) is 2.67. The van der Waals surface area contributed by atoms with Gasteiger partial charge in [0.25, 0.3) is 5.91 Å². The van der Waals surface area contributed by atoms with E-state index in [2.05, 4.69) is 22.5 Å². The number of rotatable bonds is 9. The molecule has 0 radical (unpaired) electrons. The summed E-state index contributed by atoms with van der Waals surface area (Å²) in [7, 11) is 0. The molecule has 1 rings (SSSR count). The zero-order chi connectivity index (χ0) is 14.8. The maximum Gasteiger partial charge on any atom is 0.251 e. The topological polar surface area (TPSA) is 63.2 Å². The maximum absolute atomic E-state index is 12.0. The van der Waals surface area contributed by atoms with Crippen molar-refractivity contribution >= 4 is 11.7 Å². The van der Waals surface area contributed by atoms with E-state index in [0.29, 0.717) is 18.7 Å². The van der Waals surface area contributed by atoms with E-state index in [4.69, 9.17) is 4.74 Å². The first kappa shape index (κ1) is 16.4. The van der Waals surface area contributed by atoms with E-state index in [1.165, 1.54) is 0 Å². The number of aryl methyl sites for hydroxylation is 1. The summed E-state index contributed by atoms with van der Waals surface area (Å²) < 4.78 is 5.37. The lowest BCUT2D eigenvalue weighted by Gasteiger charge is -2.09. The van der Waals surface area contributed by atoms with Gasteiger partial charge in [-0.05, 0) is 38.8 Å². The lowest BCUT2D eigenvalue weighted by atomic mass is 10.2. The zero-order valence-electron chi connectivity index (χ0n) is 12.7. The fraction of sp³-hybridized carbons (Fsp3) is 0.600. The number of pyridine rings is 1. The number of carbonyl (C=O) groups is 1. The second-order valence-corrected chi connectivity index (χ2v) is 4.63. The van der Waals surface area contributed by atoms with Gasteiger partial charge in [0.2, 0.25) is 0 Å². The average molecular weight is 279 g/mol. The van der Waals surface area contributed by atoms with Crippen LogP contribution in [0.1, 0.15) is 42.7 Å². The first-order valence-electron chi connectivity index (χ1n) is 7.25.